The number of rotatable bonds is 3. The van der Waals surface area contributed by atoms with Crippen molar-refractivity contribution in [3.8, 4) is 0 Å². The molecular weight excluding hydrogens is 244 g/mol. The minimum Gasteiger partial charge on any atom is -0.477 e. The van der Waals surface area contributed by atoms with Gasteiger partial charge in [-0.1, -0.05) is 19.4 Å². The summed E-state index contributed by atoms with van der Waals surface area (Å²) < 4.78 is 0. The predicted molar refractivity (Wildman–Crippen MR) is 70.1 cm³/mol. The SMILES string of the molecule is CCC1CCN(C(=O)c2cccc(C(=O)O)n2)CC1. The van der Waals surface area contributed by atoms with Crippen molar-refractivity contribution in [1.29, 1.82) is 0 Å². The Balaban J connectivity index is 2.08. The van der Waals surface area contributed by atoms with Gasteiger partial charge in [-0.2, -0.15) is 0 Å². The second-order valence-corrected chi connectivity index (χ2v) is 4.86. The highest BCUT2D eigenvalue weighted by molar-refractivity contribution is 5.94. The van der Waals surface area contributed by atoms with E-state index in [2.05, 4.69) is 11.9 Å². The van der Waals surface area contributed by atoms with Crippen LogP contribution in [-0.2, 0) is 0 Å². The molecule has 1 aromatic rings. The number of carbonyl (C=O) groups excluding carboxylic acids is 1. The van der Waals surface area contributed by atoms with E-state index < -0.39 is 5.97 Å². The van der Waals surface area contributed by atoms with Crippen LogP contribution in [0.25, 0.3) is 0 Å². The van der Waals surface area contributed by atoms with Crippen LogP contribution in [0.1, 0.15) is 47.2 Å². The zero-order valence-corrected chi connectivity index (χ0v) is 11.0. The average molecular weight is 262 g/mol. The first-order chi connectivity index (χ1) is 9.11. The number of carboxylic acid groups (broad SMARTS) is 1. The van der Waals surface area contributed by atoms with Crippen molar-refractivity contribution >= 4 is 11.9 Å². The van der Waals surface area contributed by atoms with Crippen LogP contribution in [0.15, 0.2) is 18.2 Å². The third-order valence-electron chi connectivity index (χ3n) is 3.67. The van der Waals surface area contributed by atoms with E-state index in [9.17, 15) is 9.59 Å². The maximum atomic E-state index is 12.2. The molecule has 1 amide bonds. The minimum absolute atomic E-state index is 0.0886. The molecule has 0 radical (unpaired) electrons. The number of carbonyl (C=O) groups is 2. The molecule has 1 aliphatic rings. The highest BCUT2D eigenvalue weighted by atomic mass is 16.4. The lowest BCUT2D eigenvalue weighted by molar-refractivity contribution is 0.0679. The lowest BCUT2D eigenvalue weighted by Gasteiger charge is -2.31. The van der Waals surface area contributed by atoms with Crippen LogP contribution in [0.5, 0.6) is 0 Å². The lowest BCUT2D eigenvalue weighted by Crippen LogP contribution is -2.38. The van der Waals surface area contributed by atoms with Gasteiger partial charge < -0.3 is 10.0 Å². The molecule has 2 rings (SSSR count). The molecule has 0 spiro atoms. The van der Waals surface area contributed by atoms with Crippen LogP contribution in [0, 0.1) is 5.92 Å². The maximum Gasteiger partial charge on any atom is 0.354 e. The Morgan fingerprint density at radius 1 is 1.32 bits per heavy atom. The van der Waals surface area contributed by atoms with E-state index in [1.165, 1.54) is 6.07 Å². The van der Waals surface area contributed by atoms with Crippen LogP contribution in [0.2, 0.25) is 0 Å². The van der Waals surface area contributed by atoms with Crippen molar-refractivity contribution < 1.29 is 14.7 Å². The minimum atomic E-state index is -1.11. The maximum absolute atomic E-state index is 12.2. The van der Waals surface area contributed by atoms with Crippen molar-refractivity contribution in [1.82, 2.24) is 9.88 Å². The van der Waals surface area contributed by atoms with Gasteiger partial charge in [-0.15, -0.1) is 0 Å². The third-order valence-corrected chi connectivity index (χ3v) is 3.67. The molecular formula is C14H18N2O3. The van der Waals surface area contributed by atoms with Gasteiger partial charge in [0.15, 0.2) is 0 Å². The van der Waals surface area contributed by atoms with E-state index in [0.29, 0.717) is 5.92 Å². The van der Waals surface area contributed by atoms with E-state index >= 15 is 0 Å². The molecule has 0 saturated carbocycles. The van der Waals surface area contributed by atoms with E-state index in [4.69, 9.17) is 5.11 Å². The second-order valence-electron chi connectivity index (χ2n) is 4.86. The van der Waals surface area contributed by atoms with Crippen molar-refractivity contribution in [3.63, 3.8) is 0 Å². The van der Waals surface area contributed by atoms with Crippen LogP contribution in [-0.4, -0.2) is 40.0 Å². The number of hydrogen-bond acceptors (Lipinski definition) is 3. The van der Waals surface area contributed by atoms with Gasteiger partial charge in [-0.25, -0.2) is 9.78 Å². The summed E-state index contributed by atoms with van der Waals surface area (Å²) in [5, 5.41) is 8.88. The number of hydrogen-bond donors (Lipinski definition) is 1. The van der Waals surface area contributed by atoms with Gasteiger partial charge in [0, 0.05) is 13.1 Å². The van der Waals surface area contributed by atoms with Gasteiger partial charge in [0.25, 0.3) is 5.91 Å². The van der Waals surface area contributed by atoms with Crippen LogP contribution >= 0.6 is 0 Å². The largest absolute Gasteiger partial charge is 0.477 e. The van der Waals surface area contributed by atoms with Crippen molar-refractivity contribution in [2.75, 3.05) is 13.1 Å². The molecule has 0 bridgehead atoms. The topological polar surface area (TPSA) is 70.5 Å². The van der Waals surface area contributed by atoms with Gasteiger partial charge in [0.2, 0.25) is 0 Å². The molecule has 19 heavy (non-hydrogen) atoms. The molecule has 0 unspecified atom stereocenters. The molecule has 1 aromatic heterocycles. The number of likely N-dealkylation sites (tertiary alicyclic amines) is 1. The number of nitrogens with zero attached hydrogens (tertiary/aromatic N) is 2. The summed E-state index contributed by atoms with van der Waals surface area (Å²) >= 11 is 0. The lowest BCUT2D eigenvalue weighted by atomic mass is 9.94. The van der Waals surface area contributed by atoms with Gasteiger partial charge in [0.05, 0.1) is 0 Å². The summed E-state index contributed by atoms with van der Waals surface area (Å²) in [6.07, 6.45) is 3.18. The number of pyridine rings is 1. The molecule has 1 N–H and O–H groups in total. The molecule has 1 saturated heterocycles. The zero-order chi connectivity index (χ0) is 13.8. The normalized spacial score (nSPS) is 16.4. The second kappa shape index (κ2) is 5.82. The fraction of sp³-hybridized carbons (Fsp3) is 0.500. The highest BCUT2D eigenvalue weighted by Gasteiger charge is 2.23. The van der Waals surface area contributed by atoms with E-state index in [0.717, 1.165) is 32.4 Å². The molecule has 1 aliphatic heterocycles. The third kappa shape index (κ3) is 3.10. The Labute approximate surface area is 112 Å². The first-order valence-electron chi connectivity index (χ1n) is 6.61. The molecule has 0 atom stereocenters. The van der Waals surface area contributed by atoms with Crippen LogP contribution in [0.4, 0.5) is 0 Å². The number of aromatic nitrogens is 1. The Bertz CT molecular complexity index is 479. The smallest absolute Gasteiger partial charge is 0.354 e. The number of carboxylic acids is 1. The monoisotopic (exact) mass is 262 g/mol. The summed E-state index contributed by atoms with van der Waals surface area (Å²) in [4.78, 5) is 28.7. The van der Waals surface area contributed by atoms with Crippen molar-refractivity contribution in [3.05, 3.63) is 29.6 Å². The van der Waals surface area contributed by atoms with Crippen molar-refractivity contribution in [2.24, 2.45) is 5.92 Å². The van der Waals surface area contributed by atoms with E-state index in [1.807, 2.05) is 0 Å². The molecule has 5 nitrogen and oxygen atoms in total. The molecule has 0 aliphatic carbocycles. The fourth-order valence-corrected chi connectivity index (χ4v) is 2.38. The van der Waals surface area contributed by atoms with E-state index in [-0.39, 0.29) is 17.3 Å². The fourth-order valence-electron chi connectivity index (χ4n) is 2.38. The Hall–Kier alpha value is -1.91. The summed E-state index contributed by atoms with van der Waals surface area (Å²) in [6.45, 7) is 3.63. The van der Waals surface area contributed by atoms with Gasteiger partial charge in [-0.05, 0) is 30.9 Å². The Morgan fingerprint density at radius 3 is 2.53 bits per heavy atom. The molecule has 102 valence electrons. The molecule has 0 aromatic carbocycles. The van der Waals surface area contributed by atoms with Crippen LogP contribution in [0.3, 0.4) is 0 Å². The molecule has 2 heterocycles. The zero-order valence-electron chi connectivity index (χ0n) is 11.0. The van der Waals surface area contributed by atoms with Gasteiger partial charge >= 0.3 is 5.97 Å². The summed E-state index contributed by atoms with van der Waals surface area (Å²) in [5.74, 6) is -0.584. The summed E-state index contributed by atoms with van der Waals surface area (Å²) in [5.41, 5.74) is 0.129. The summed E-state index contributed by atoms with van der Waals surface area (Å²) in [7, 11) is 0. The molecule has 1 fully saturated rings. The summed E-state index contributed by atoms with van der Waals surface area (Å²) in [6, 6.07) is 4.52. The number of piperidine rings is 1. The van der Waals surface area contributed by atoms with Crippen molar-refractivity contribution in [2.45, 2.75) is 26.2 Å². The first-order valence-corrected chi connectivity index (χ1v) is 6.61. The number of amides is 1. The first kappa shape index (κ1) is 13.5. The Morgan fingerprint density at radius 2 is 1.95 bits per heavy atom. The highest BCUT2D eigenvalue weighted by Crippen LogP contribution is 2.21. The average Bonchev–Trinajstić information content (AvgIpc) is 2.46. The quantitative estimate of drug-likeness (QED) is 0.905. The number of aromatic carboxylic acids is 1. The van der Waals surface area contributed by atoms with Gasteiger partial charge in [0.1, 0.15) is 11.4 Å². The predicted octanol–water partition coefficient (Wildman–Crippen LogP) is 2.04. The Kier molecular flexibility index (Phi) is 4.14. The van der Waals surface area contributed by atoms with Gasteiger partial charge in [-0.3, -0.25) is 4.79 Å². The van der Waals surface area contributed by atoms with Crippen LogP contribution < -0.4 is 0 Å². The molecule has 5 heteroatoms. The standard InChI is InChI=1S/C14H18N2O3/c1-2-10-6-8-16(9-7-10)13(17)11-4-3-5-12(15-11)14(18)19/h3-5,10H,2,6-9H2,1H3,(H,18,19). The van der Waals surface area contributed by atoms with E-state index in [1.54, 1.807) is 17.0 Å².